The van der Waals surface area contributed by atoms with Crippen LogP contribution in [0, 0.1) is 5.92 Å². The second-order valence-corrected chi connectivity index (χ2v) is 9.79. The molecular weight excluding hydrogens is 440 g/mol. The van der Waals surface area contributed by atoms with Crippen molar-refractivity contribution < 1.29 is 9.59 Å². The Hall–Kier alpha value is -3.68. The van der Waals surface area contributed by atoms with E-state index in [0.717, 1.165) is 24.2 Å². The highest BCUT2D eigenvalue weighted by atomic mass is 16.2. The first-order valence-corrected chi connectivity index (χ1v) is 12.5. The molecule has 8 heteroatoms. The number of nitrogens with zero attached hydrogens (tertiary/aromatic N) is 3. The average Bonchev–Trinajstić information content (AvgIpc) is 3.44. The summed E-state index contributed by atoms with van der Waals surface area (Å²) in [5, 5.41) is 13.4. The van der Waals surface area contributed by atoms with Crippen molar-refractivity contribution in [3.63, 3.8) is 0 Å². The predicted molar refractivity (Wildman–Crippen MR) is 136 cm³/mol. The number of anilines is 3. The number of carbonyl (C=O) groups excluding carboxylic acids is 2. The Labute approximate surface area is 205 Å². The van der Waals surface area contributed by atoms with Crippen LogP contribution >= 0.6 is 0 Å². The van der Waals surface area contributed by atoms with Gasteiger partial charge < -0.3 is 16.0 Å². The van der Waals surface area contributed by atoms with Crippen LogP contribution in [0.2, 0.25) is 0 Å². The van der Waals surface area contributed by atoms with Crippen molar-refractivity contribution in [2.45, 2.75) is 56.9 Å². The summed E-state index contributed by atoms with van der Waals surface area (Å²) < 4.78 is 1.63. The number of nitrogens with one attached hydrogen (secondary N) is 3. The molecule has 0 radical (unpaired) electrons. The van der Waals surface area contributed by atoms with Crippen LogP contribution in [0.25, 0.3) is 0 Å². The van der Waals surface area contributed by atoms with E-state index >= 15 is 0 Å². The van der Waals surface area contributed by atoms with Crippen molar-refractivity contribution in [1.29, 1.82) is 0 Å². The summed E-state index contributed by atoms with van der Waals surface area (Å²) >= 11 is 0. The van der Waals surface area contributed by atoms with Gasteiger partial charge in [0, 0.05) is 30.7 Å². The van der Waals surface area contributed by atoms with Crippen molar-refractivity contribution in [3.8, 4) is 0 Å². The van der Waals surface area contributed by atoms with Crippen LogP contribution in [0.1, 0.15) is 66.8 Å². The maximum Gasteiger partial charge on any atom is 0.252 e. The van der Waals surface area contributed by atoms with Gasteiger partial charge in [0.05, 0.1) is 23.8 Å². The molecule has 2 heterocycles. The number of hydrogen-bond acceptors (Lipinski definition) is 5. The molecule has 35 heavy (non-hydrogen) atoms. The van der Waals surface area contributed by atoms with E-state index < -0.39 is 6.04 Å². The highest BCUT2D eigenvalue weighted by Crippen LogP contribution is 2.40. The zero-order chi connectivity index (χ0) is 24.2. The minimum atomic E-state index is -0.609. The lowest BCUT2D eigenvalue weighted by molar-refractivity contribution is -0.118. The third-order valence-electron chi connectivity index (χ3n) is 6.86. The van der Waals surface area contributed by atoms with Crippen LogP contribution < -0.4 is 16.0 Å². The first kappa shape index (κ1) is 23.1. The maximum atomic E-state index is 13.2. The van der Waals surface area contributed by atoms with Gasteiger partial charge in [-0.15, -0.1) is 0 Å². The molecule has 2 fully saturated rings. The van der Waals surface area contributed by atoms with Crippen LogP contribution in [0.15, 0.2) is 55.1 Å². The SMILES string of the molecule is Cn1cc(NC(=O)[C@H](CC2CCCC2)NC(=O)c2cccc(Nc3cncc(C4CC4)c3)c2)cn1. The van der Waals surface area contributed by atoms with E-state index in [-0.39, 0.29) is 11.8 Å². The van der Waals surface area contributed by atoms with E-state index in [2.05, 4.69) is 32.1 Å². The fourth-order valence-corrected chi connectivity index (χ4v) is 4.84. The number of benzene rings is 1. The summed E-state index contributed by atoms with van der Waals surface area (Å²) in [4.78, 5) is 30.6. The Balaban J connectivity index is 1.27. The van der Waals surface area contributed by atoms with E-state index in [4.69, 9.17) is 0 Å². The average molecular weight is 473 g/mol. The molecule has 0 bridgehead atoms. The normalized spacial score (nSPS) is 16.6. The predicted octanol–water partition coefficient (Wildman–Crippen LogP) is 4.75. The molecule has 5 rings (SSSR count). The molecule has 0 aliphatic heterocycles. The highest BCUT2D eigenvalue weighted by Gasteiger charge is 2.27. The van der Waals surface area contributed by atoms with E-state index in [1.165, 1.54) is 31.2 Å². The highest BCUT2D eigenvalue weighted by molar-refractivity contribution is 6.01. The zero-order valence-corrected chi connectivity index (χ0v) is 20.0. The molecule has 3 N–H and O–H groups in total. The van der Waals surface area contributed by atoms with Gasteiger partial charge in [0.25, 0.3) is 5.91 Å². The van der Waals surface area contributed by atoms with Crippen molar-refractivity contribution in [1.82, 2.24) is 20.1 Å². The summed E-state index contributed by atoms with van der Waals surface area (Å²) in [5.74, 6) is 0.591. The summed E-state index contributed by atoms with van der Waals surface area (Å²) in [6.45, 7) is 0. The lowest BCUT2D eigenvalue weighted by Crippen LogP contribution is -2.44. The molecule has 0 unspecified atom stereocenters. The van der Waals surface area contributed by atoms with Crippen molar-refractivity contribution in [2.24, 2.45) is 13.0 Å². The van der Waals surface area contributed by atoms with Crippen LogP contribution in [0.5, 0.6) is 0 Å². The Morgan fingerprint density at radius 1 is 1.03 bits per heavy atom. The molecule has 2 aromatic heterocycles. The third-order valence-corrected chi connectivity index (χ3v) is 6.86. The van der Waals surface area contributed by atoms with E-state index in [1.54, 1.807) is 36.4 Å². The fraction of sp³-hybridized carbons (Fsp3) is 0.407. The number of pyridine rings is 1. The number of aromatic nitrogens is 3. The summed E-state index contributed by atoms with van der Waals surface area (Å²) in [6.07, 6.45) is 14.7. The van der Waals surface area contributed by atoms with Gasteiger partial charge in [0.1, 0.15) is 6.04 Å². The Morgan fingerprint density at radius 2 is 1.86 bits per heavy atom. The Morgan fingerprint density at radius 3 is 2.60 bits per heavy atom. The van der Waals surface area contributed by atoms with Crippen molar-refractivity contribution >= 4 is 28.9 Å². The molecule has 2 aliphatic carbocycles. The minimum Gasteiger partial charge on any atom is -0.354 e. The van der Waals surface area contributed by atoms with Crippen LogP contribution in [-0.4, -0.2) is 32.6 Å². The Bertz CT molecular complexity index is 1200. The van der Waals surface area contributed by atoms with Crippen molar-refractivity contribution in [3.05, 3.63) is 66.2 Å². The second-order valence-electron chi connectivity index (χ2n) is 9.79. The van der Waals surface area contributed by atoms with Crippen LogP contribution in [-0.2, 0) is 11.8 Å². The van der Waals surface area contributed by atoms with Crippen LogP contribution in [0.3, 0.4) is 0 Å². The quantitative estimate of drug-likeness (QED) is 0.417. The van der Waals surface area contributed by atoms with Crippen molar-refractivity contribution in [2.75, 3.05) is 10.6 Å². The van der Waals surface area contributed by atoms with Gasteiger partial charge in [-0.2, -0.15) is 5.10 Å². The maximum absolute atomic E-state index is 13.2. The number of carbonyl (C=O) groups is 2. The number of rotatable bonds is 9. The standard InChI is InChI=1S/C27H32N6O2/c1-33-17-24(16-29-33)31-27(35)25(11-18-5-2-3-6-18)32-26(34)20-7-4-8-22(12-20)30-23-13-21(14-28-15-23)19-9-10-19/h4,7-8,12-19,25,30H,2-3,5-6,9-11H2,1H3,(H,31,35)(H,32,34)/t25-/m0/s1. The van der Waals surface area contributed by atoms with Gasteiger partial charge in [-0.3, -0.25) is 19.3 Å². The van der Waals surface area contributed by atoms with Gasteiger partial charge >= 0.3 is 0 Å². The van der Waals surface area contributed by atoms with Gasteiger partial charge in [-0.05, 0) is 60.9 Å². The molecular formula is C27H32N6O2. The molecule has 8 nitrogen and oxygen atoms in total. The van der Waals surface area contributed by atoms with Crippen LogP contribution in [0.4, 0.5) is 17.1 Å². The smallest absolute Gasteiger partial charge is 0.252 e. The van der Waals surface area contributed by atoms with E-state index in [9.17, 15) is 9.59 Å². The third kappa shape index (κ3) is 6.07. The van der Waals surface area contributed by atoms with E-state index in [0.29, 0.717) is 29.5 Å². The van der Waals surface area contributed by atoms with Gasteiger partial charge in [0.2, 0.25) is 5.91 Å². The number of hydrogen-bond donors (Lipinski definition) is 3. The number of amides is 2. The molecule has 0 saturated heterocycles. The largest absolute Gasteiger partial charge is 0.354 e. The van der Waals surface area contributed by atoms with Gasteiger partial charge in [-0.1, -0.05) is 31.7 Å². The summed E-state index contributed by atoms with van der Waals surface area (Å²) in [6, 6.07) is 8.86. The second kappa shape index (κ2) is 10.3. The monoisotopic (exact) mass is 472 g/mol. The lowest BCUT2D eigenvalue weighted by Gasteiger charge is -2.21. The molecule has 1 atom stereocenters. The molecule has 182 valence electrons. The first-order valence-electron chi connectivity index (χ1n) is 12.5. The first-order chi connectivity index (χ1) is 17.0. The fourth-order valence-electron chi connectivity index (χ4n) is 4.84. The van der Waals surface area contributed by atoms with E-state index in [1.807, 2.05) is 24.4 Å². The molecule has 3 aromatic rings. The lowest BCUT2D eigenvalue weighted by atomic mass is 9.97. The molecule has 2 amide bonds. The van der Waals surface area contributed by atoms with Gasteiger partial charge in [-0.25, -0.2) is 0 Å². The molecule has 2 aliphatic rings. The summed E-state index contributed by atoms with van der Waals surface area (Å²) in [7, 11) is 1.80. The Kier molecular flexibility index (Phi) is 6.79. The zero-order valence-electron chi connectivity index (χ0n) is 20.0. The minimum absolute atomic E-state index is 0.213. The molecule has 0 spiro atoms. The summed E-state index contributed by atoms with van der Waals surface area (Å²) in [5.41, 5.74) is 4.09. The topological polar surface area (TPSA) is 101 Å². The number of aryl methyl sites for hydroxylation is 1. The molecule has 1 aromatic carbocycles. The van der Waals surface area contributed by atoms with Gasteiger partial charge in [0.15, 0.2) is 0 Å². The molecule has 2 saturated carbocycles.